The van der Waals surface area contributed by atoms with Gasteiger partial charge in [-0.3, -0.25) is 15.0 Å². The molecule has 11 heavy (non-hydrogen) atoms. The molecular formula is C6H12N2O3. The minimum Gasteiger partial charge on any atom is -0.395 e. The van der Waals surface area contributed by atoms with Crippen molar-refractivity contribution in [3.05, 3.63) is 0 Å². The number of rotatable bonds is 5. The number of hydrogen-bond acceptors (Lipinski definition) is 4. The Labute approximate surface area is 64.8 Å². The molecular weight excluding hydrogens is 148 g/mol. The van der Waals surface area contributed by atoms with Gasteiger partial charge < -0.3 is 5.11 Å². The van der Waals surface area contributed by atoms with E-state index in [0.29, 0.717) is 0 Å². The lowest BCUT2D eigenvalue weighted by Gasteiger charge is -2.02. The first-order valence-electron chi connectivity index (χ1n) is 3.29. The largest absolute Gasteiger partial charge is 0.395 e. The molecule has 0 bridgehead atoms. The first-order valence-corrected chi connectivity index (χ1v) is 3.29. The Morgan fingerprint density at radius 1 is 1.45 bits per heavy atom. The van der Waals surface area contributed by atoms with Crippen LogP contribution < -0.4 is 10.9 Å². The molecule has 0 aliphatic heterocycles. The molecule has 1 amide bonds. The van der Waals surface area contributed by atoms with E-state index in [4.69, 9.17) is 5.11 Å². The molecule has 0 radical (unpaired) electrons. The molecule has 0 saturated heterocycles. The van der Waals surface area contributed by atoms with Crippen LogP contribution in [0.4, 0.5) is 0 Å². The standard InChI is InChI=1S/C6H12N2O3/c1-5(10)4-6(11)8-7-2-3-9/h7,9H,2-4H2,1H3,(H,8,11). The Morgan fingerprint density at radius 3 is 2.55 bits per heavy atom. The third-order valence-electron chi connectivity index (χ3n) is 0.874. The van der Waals surface area contributed by atoms with Gasteiger partial charge in [0.25, 0.3) is 0 Å². The number of carbonyl (C=O) groups is 2. The summed E-state index contributed by atoms with van der Waals surface area (Å²) in [5, 5.41) is 8.28. The van der Waals surface area contributed by atoms with Gasteiger partial charge in [0.15, 0.2) is 0 Å². The maximum absolute atomic E-state index is 10.7. The van der Waals surface area contributed by atoms with Crippen LogP contribution in [0.1, 0.15) is 13.3 Å². The summed E-state index contributed by atoms with van der Waals surface area (Å²) in [6.07, 6.45) is -0.127. The molecule has 0 unspecified atom stereocenters. The van der Waals surface area contributed by atoms with Gasteiger partial charge in [-0.05, 0) is 6.92 Å². The van der Waals surface area contributed by atoms with Crippen molar-refractivity contribution in [1.82, 2.24) is 10.9 Å². The van der Waals surface area contributed by atoms with Crippen molar-refractivity contribution in [3.8, 4) is 0 Å². The number of hydrazine groups is 1. The Kier molecular flexibility index (Phi) is 5.32. The van der Waals surface area contributed by atoms with Crippen molar-refractivity contribution >= 4 is 11.7 Å². The summed E-state index contributed by atoms with van der Waals surface area (Å²) >= 11 is 0. The van der Waals surface area contributed by atoms with Gasteiger partial charge in [-0.2, -0.15) is 0 Å². The fraction of sp³-hybridized carbons (Fsp3) is 0.667. The van der Waals surface area contributed by atoms with Crippen LogP contribution in [-0.2, 0) is 9.59 Å². The number of aliphatic hydroxyl groups excluding tert-OH is 1. The Morgan fingerprint density at radius 2 is 2.09 bits per heavy atom. The van der Waals surface area contributed by atoms with Crippen LogP contribution in [0.15, 0.2) is 0 Å². The molecule has 0 spiro atoms. The Balaban J connectivity index is 3.30. The second-order valence-electron chi connectivity index (χ2n) is 2.08. The number of nitrogens with one attached hydrogen (secondary N) is 2. The maximum Gasteiger partial charge on any atom is 0.241 e. The van der Waals surface area contributed by atoms with E-state index in [1.165, 1.54) is 6.92 Å². The van der Waals surface area contributed by atoms with Gasteiger partial charge in [-0.1, -0.05) is 0 Å². The number of amides is 1. The van der Waals surface area contributed by atoms with Crippen LogP contribution in [0.5, 0.6) is 0 Å². The van der Waals surface area contributed by atoms with E-state index >= 15 is 0 Å². The molecule has 5 nitrogen and oxygen atoms in total. The monoisotopic (exact) mass is 160 g/mol. The van der Waals surface area contributed by atoms with Crippen LogP contribution in [0.2, 0.25) is 0 Å². The zero-order valence-corrected chi connectivity index (χ0v) is 6.39. The highest BCUT2D eigenvalue weighted by atomic mass is 16.3. The third kappa shape index (κ3) is 6.95. The Hall–Kier alpha value is -0.940. The first kappa shape index (κ1) is 10.1. The van der Waals surface area contributed by atoms with Crippen LogP contribution in [-0.4, -0.2) is 29.9 Å². The van der Waals surface area contributed by atoms with Crippen molar-refractivity contribution in [3.63, 3.8) is 0 Å². The van der Waals surface area contributed by atoms with Crippen molar-refractivity contribution in [2.24, 2.45) is 0 Å². The van der Waals surface area contributed by atoms with Crippen LogP contribution in [0, 0.1) is 0 Å². The lowest BCUT2D eigenvalue weighted by molar-refractivity contribution is -0.127. The Bertz CT molecular complexity index is 147. The second-order valence-corrected chi connectivity index (χ2v) is 2.08. The fourth-order valence-electron chi connectivity index (χ4n) is 0.487. The summed E-state index contributed by atoms with van der Waals surface area (Å²) in [4.78, 5) is 21.0. The predicted molar refractivity (Wildman–Crippen MR) is 38.5 cm³/mol. The zero-order chi connectivity index (χ0) is 8.69. The molecule has 0 aromatic heterocycles. The van der Waals surface area contributed by atoms with Gasteiger partial charge in [0.05, 0.1) is 13.0 Å². The molecule has 5 heteroatoms. The van der Waals surface area contributed by atoms with Gasteiger partial charge in [0, 0.05) is 6.54 Å². The summed E-state index contributed by atoms with van der Waals surface area (Å²) in [6, 6.07) is 0. The fourth-order valence-corrected chi connectivity index (χ4v) is 0.487. The zero-order valence-electron chi connectivity index (χ0n) is 6.39. The highest BCUT2D eigenvalue weighted by Gasteiger charge is 2.02. The summed E-state index contributed by atoms with van der Waals surface area (Å²) in [6.45, 7) is 1.57. The van der Waals surface area contributed by atoms with E-state index in [2.05, 4.69) is 10.9 Å². The van der Waals surface area contributed by atoms with E-state index in [9.17, 15) is 9.59 Å². The van der Waals surface area contributed by atoms with E-state index < -0.39 is 0 Å². The van der Waals surface area contributed by atoms with Crippen molar-refractivity contribution < 1.29 is 14.7 Å². The van der Waals surface area contributed by atoms with E-state index in [-0.39, 0.29) is 31.3 Å². The van der Waals surface area contributed by atoms with Gasteiger partial charge in [0.1, 0.15) is 5.78 Å². The van der Waals surface area contributed by atoms with Crippen LogP contribution >= 0.6 is 0 Å². The molecule has 3 N–H and O–H groups in total. The molecule has 0 aliphatic rings. The van der Waals surface area contributed by atoms with Gasteiger partial charge in [-0.25, -0.2) is 5.43 Å². The molecule has 0 aromatic carbocycles. The number of aliphatic hydroxyl groups is 1. The highest BCUT2D eigenvalue weighted by Crippen LogP contribution is 1.78. The molecule has 0 aliphatic carbocycles. The minimum absolute atomic E-state index is 0.0552. The predicted octanol–water partition coefficient (Wildman–Crippen LogP) is -1.42. The van der Waals surface area contributed by atoms with E-state index in [1.54, 1.807) is 0 Å². The normalized spacial score (nSPS) is 9.27. The van der Waals surface area contributed by atoms with Crippen molar-refractivity contribution in [2.75, 3.05) is 13.2 Å². The van der Waals surface area contributed by atoms with Crippen molar-refractivity contribution in [2.45, 2.75) is 13.3 Å². The molecule has 0 aromatic rings. The summed E-state index contributed by atoms with van der Waals surface area (Å²) in [7, 11) is 0. The molecule has 0 atom stereocenters. The van der Waals surface area contributed by atoms with Crippen LogP contribution in [0.25, 0.3) is 0 Å². The summed E-state index contributed by atoms with van der Waals surface area (Å²) in [5.74, 6) is -0.570. The number of ketones is 1. The third-order valence-corrected chi connectivity index (χ3v) is 0.874. The maximum atomic E-state index is 10.7. The number of hydrogen-bond donors (Lipinski definition) is 3. The summed E-state index contributed by atoms with van der Waals surface area (Å²) < 4.78 is 0. The molecule has 0 saturated carbocycles. The minimum atomic E-state index is -0.383. The van der Waals surface area contributed by atoms with Gasteiger partial charge >= 0.3 is 0 Å². The lowest BCUT2D eigenvalue weighted by atomic mass is 10.3. The SMILES string of the molecule is CC(=O)CC(=O)NNCCO. The van der Waals surface area contributed by atoms with E-state index in [1.807, 2.05) is 0 Å². The number of Topliss-reactive ketones (excluding diaryl/α,β-unsaturated/α-hetero) is 1. The van der Waals surface area contributed by atoms with Crippen molar-refractivity contribution in [1.29, 1.82) is 0 Å². The lowest BCUT2D eigenvalue weighted by Crippen LogP contribution is -2.39. The molecule has 0 rings (SSSR count). The molecule has 0 fully saturated rings. The quantitative estimate of drug-likeness (QED) is 0.262. The topological polar surface area (TPSA) is 78.4 Å². The summed E-state index contributed by atoms with van der Waals surface area (Å²) in [5.41, 5.74) is 4.68. The average molecular weight is 160 g/mol. The number of carbonyl (C=O) groups excluding carboxylic acids is 2. The van der Waals surface area contributed by atoms with E-state index in [0.717, 1.165) is 0 Å². The highest BCUT2D eigenvalue weighted by molar-refractivity contribution is 5.96. The molecule has 64 valence electrons. The van der Waals surface area contributed by atoms with Gasteiger partial charge in [0.2, 0.25) is 5.91 Å². The smallest absolute Gasteiger partial charge is 0.241 e. The molecule has 0 heterocycles. The second kappa shape index (κ2) is 5.82. The average Bonchev–Trinajstić information content (AvgIpc) is 1.86. The van der Waals surface area contributed by atoms with Crippen LogP contribution in [0.3, 0.4) is 0 Å². The first-order chi connectivity index (χ1) is 5.16. The van der Waals surface area contributed by atoms with Gasteiger partial charge in [-0.15, -0.1) is 0 Å².